The van der Waals surface area contributed by atoms with Crippen LogP contribution in [0.1, 0.15) is 24.4 Å². The van der Waals surface area contributed by atoms with Crippen LogP contribution in [0.2, 0.25) is 0 Å². The molecule has 1 N–H and O–H groups in total. The van der Waals surface area contributed by atoms with Crippen LogP contribution in [0.3, 0.4) is 0 Å². The van der Waals surface area contributed by atoms with Crippen molar-refractivity contribution in [1.29, 1.82) is 0 Å². The van der Waals surface area contributed by atoms with Crippen LogP contribution in [0.5, 0.6) is 0 Å². The van der Waals surface area contributed by atoms with E-state index in [0.717, 1.165) is 18.4 Å². The van der Waals surface area contributed by atoms with E-state index in [1.54, 1.807) is 0 Å². The maximum absolute atomic E-state index is 11.9. The second-order valence-corrected chi connectivity index (χ2v) is 4.44. The number of hydrogen-bond acceptors (Lipinski definition) is 2. The Hall–Kier alpha value is -1.06. The van der Waals surface area contributed by atoms with Gasteiger partial charge in [-0.25, -0.2) is 0 Å². The van der Waals surface area contributed by atoms with Crippen LogP contribution in [0, 0.1) is 0 Å². The van der Waals surface area contributed by atoms with Gasteiger partial charge >= 0.3 is 0 Å². The molecule has 0 aromatic heterocycles. The molecule has 1 aliphatic heterocycles. The molecule has 1 heterocycles. The molecule has 2 rings (SSSR count). The monoisotopic (exact) mass is 253 g/mol. The first-order valence-corrected chi connectivity index (χ1v) is 6.37. The number of carbonyl (C=O) groups is 1. The van der Waals surface area contributed by atoms with Crippen LogP contribution < -0.4 is 5.32 Å². The Morgan fingerprint density at radius 1 is 1.47 bits per heavy atom. The average Bonchev–Trinajstić information content (AvgIpc) is 2.90. The Kier molecular flexibility index (Phi) is 4.40. The van der Waals surface area contributed by atoms with Crippen LogP contribution in [-0.2, 0) is 9.53 Å². The molecule has 1 saturated heterocycles. The van der Waals surface area contributed by atoms with Gasteiger partial charge in [-0.05, 0) is 18.4 Å². The lowest BCUT2D eigenvalue weighted by atomic mass is 10.1. The molecule has 92 valence electrons. The lowest BCUT2D eigenvalue weighted by Crippen LogP contribution is -2.37. The summed E-state index contributed by atoms with van der Waals surface area (Å²) in [5, 5.41) is 2.93. The minimum absolute atomic E-state index is 0.0583. The molecule has 0 bridgehead atoms. The van der Waals surface area contributed by atoms with Crippen molar-refractivity contribution in [3.8, 4) is 0 Å². The van der Waals surface area contributed by atoms with Crippen LogP contribution in [0.15, 0.2) is 30.3 Å². The Bertz CT molecular complexity index is 363. The zero-order chi connectivity index (χ0) is 12.1. The zero-order valence-electron chi connectivity index (χ0n) is 9.56. The summed E-state index contributed by atoms with van der Waals surface area (Å²) in [4.78, 5) is 11.9. The molecule has 0 aliphatic carbocycles. The van der Waals surface area contributed by atoms with Crippen molar-refractivity contribution in [2.45, 2.75) is 25.0 Å². The number of rotatable bonds is 4. The van der Waals surface area contributed by atoms with E-state index in [9.17, 15) is 4.79 Å². The average molecular weight is 254 g/mol. The van der Waals surface area contributed by atoms with E-state index >= 15 is 0 Å². The highest BCUT2D eigenvalue weighted by molar-refractivity contribution is 6.18. The summed E-state index contributed by atoms with van der Waals surface area (Å²) in [6.07, 6.45) is 1.45. The van der Waals surface area contributed by atoms with Gasteiger partial charge < -0.3 is 10.1 Å². The van der Waals surface area contributed by atoms with Crippen molar-refractivity contribution in [3.05, 3.63) is 35.9 Å². The molecule has 2 atom stereocenters. The summed E-state index contributed by atoms with van der Waals surface area (Å²) < 4.78 is 5.34. The van der Waals surface area contributed by atoms with Gasteiger partial charge in [-0.3, -0.25) is 4.79 Å². The molecule has 1 aliphatic rings. The smallest absolute Gasteiger partial charge is 0.249 e. The molecular formula is C13H16ClNO2. The zero-order valence-corrected chi connectivity index (χ0v) is 10.3. The number of nitrogens with one attached hydrogen (secondary N) is 1. The predicted molar refractivity (Wildman–Crippen MR) is 67.0 cm³/mol. The number of hydrogen-bond donors (Lipinski definition) is 1. The summed E-state index contributed by atoms with van der Waals surface area (Å²) in [7, 11) is 0. The molecule has 1 aromatic carbocycles. The van der Waals surface area contributed by atoms with E-state index in [2.05, 4.69) is 5.32 Å². The quantitative estimate of drug-likeness (QED) is 0.836. The maximum atomic E-state index is 11.9. The molecule has 1 amide bonds. The minimum atomic E-state index is -0.301. The molecule has 1 aromatic rings. The first-order valence-electron chi connectivity index (χ1n) is 5.84. The molecule has 17 heavy (non-hydrogen) atoms. The summed E-state index contributed by atoms with van der Waals surface area (Å²) >= 11 is 5.90. The van der Waals surface area contributed by atoms with Crippen molar-refractivity contribution < 1.29 is 9.53 Å². The van der Waals surface area contributed by atoms with Gasteiger partial charge in [0, 0.05) is 12.5 Å². The molecule has 0 radical (unpaired) electrons. The third kappa shape index (κ3) is 3.20. The van der Waals surface area contributed by atoms with E-state index in [1.165, 1.54) is 0 Å². The first-order chi connectivity index (χ1) is 8.31. The summed E-state index contributed by atoms with van der Waals surface area (Å²) in [5.41, 5.74) is 1.02. The third-order valence-electron chi connectivity index (χ3n) is 2.89. The van der Waals surface area contributed by atoms with Crippen LogP contribution >= 0.6 is 11.6 Å². The van der Waals surface area contributed by atoms with Crippen LogP contribution in [0.25, 0.3) is 0 Å². The van der Waals surface area contributed by atoms with Gasteiger partial charge in [0.2, 0.25) is 5.91 Å². The Morgan fingerprint density at radius 2 is 2.24 bits per heavy atom. The number of ether oxygens (including phenoxy) is 1. The summed E-state index contributed by atoms with van der Waals surface area (Å²) in [5.74, 6) is 0.305. The highest BCUT2D eigenvalue weighted by Crippen LogP contribution is 2.17. The van der Waals surface area contributed by atoms with Gasteiger partial charge in [0.05, 0.1) is 6.04 Å². The first kappa shape index (κ1) is 12.4. The normalized spacial score (nSPS) is 21.1. The fourth-order valence-electron chi connectivity index (χ4n) is 1.95. The highest BCUT2D eigenvalue weighted by atomic mass is 35.5. The molecule has 0 saturated carbocycles. The predicted octanol–water partition coefficient (Wildman–Crippen LogP) is 2.26. The Balaban J connectivity index is 1.97. The van der Waals surface area contributed by atoms with Crippen LogP contribution in [0.4, 0.5) is 0 Å². The number of alkyl halides is 1. The number of halogens is 1. The number of carbonyl (C=O) groups excluding carboxylic acids is 1. The van der Waals surface area contributed by atoms with E-state index < -0.39 is 0 Å². The Labute approximate surface area is 106 Å². The van der Waals surface area contributed by atoms with Crippen molar-refractivity contribution in [2.24, 2.45) is 0 Å². The molecule has 2 unspecified atom stereocenters. The van der Waals surface area contributed by atoms with E-state index in [-0.39, 0.29) is 18.1 Å². The standard InChI is InChI=1S/C13H16ClNO2/c14-9-11(10-5-2-1-3-6-10)15-13(16)12-7-4-8-17-12/h1-3,5-6,11-12H,4,7-9H2,(H,15,16). The fourth-order valence-corrected chi connectivity index (χ4v) is 2.20. The van der Waals surface area contributed by atoms with E-state index in [0.29, 0.717) is 12.5 Å². The largest absolute Gasteiger partial charge is 0.368 e. The lowest BCUT2D eigenvalue weighted by molar-refractivity contribution is -0.130. The number of amides is 1. The van der Waals surface area contributed by atoms with Gasteiger partial charge in [0.15, 0.2) is 0 Å². The molecule has 1 fully saturated rings. The molecule has 4 heteroatoms. The highest BCUT2D eigenvalue weighted by Gasteiger charge is 2.25. The topological polar surface area (TPSA) is 38.3 Å². The second-order valence-electron chi connectivity index (χ2n) is 4.13. The third-order valence-corrected chi connectivity index (χ3v) is 3.20. The van der Waals surface area contributed by atoms with Crippen molar-refractivity contribution in [2.75, 3.05) is 12.5 Å². The minimum Gasteiger partial charge on any atom is -0.368 e. The van der Waals surface area contributed by atoms with Gasteiger partial charge in [-0.1, -0.05) is 30.3 Å². The van der Waals surface area contributed by atoms with Gasteiger partial charge in [-0.15, -0.1) is 11.6 Å². The summed E-state index contributed by atoms with van der Waals surface area (Å²) in [6, 6.07) is 9.59. The van der Waals surface area contributed by atoms with E-state index in [4.69, 9.17) is 16.3 Å². The van der Waals surface area contributed by atoms with Gasteiger partial charge in [0.1, 0.15) is 6.10 Å². The van der Waals surface area contributed by atoms with Gasteiger partial charge in [0.25, 0.3) is 0 Å². The molecular weight excluding hydrogens is 238 g/mol. The lowest BCUT2D eigenvalue weighted by Gasteiger charge is -2.18. The summed E-state index contributed by atoms with van der Waals surface area (Å²) in [6.45, 7) is 0.676. The SMILES string of the molecule is O=C(NC(CCl)c1ccccc1)C1CCCO1. The van der Waals surface area contributed by atoms with Gasteiger partial charge in [-0.2, -0.15) is 0 Å². The second kappa shape index (κ2) is 6.03. The molecule has 3 nitrogen and oxygen atoms in total. The number of benzene rings is 1. The van der Waals surface area contributed by atoms with Crippen molar-refractivity contribution in [3.63, 3.8) is 0 Å². The fraction of sp³-hybridized carbons (Fsp3) is 0.462. The van der Waals surface area contributed by atoms with E-state index in [1.807, 2.05) is 30.3 Å². The maximum Gasteiger partial charge on any atom is 0.249 e. The van der Waals surface area contributed by atoms with Crippen molar-refractivity contribution >= 4 is 17.5 Å². The Morgan fingerprint density at radius 3 is 2.82 bits per heavy atom. The van der Waals surface area contributed by atoms with Crippen LogP contribution in [-0.4, -0.2) is 24.5 Å². The van der Waals surface area contributed by atoms with Crippen molar-refractivity contribution in [1.82, 2.24) is 5.32 Å². The molecule has 0 spiro atoms.